The van der Waals surface area contributed by atoms with Gasteiger partial charge in [0.15, 0.2) is 0 Å². The van der Waals surface area contributed by atoms with Gasteiger partial charge in [0.2, 0.25) is 0 Å². The van der Waals surface area contributed by atoms with Crippen LogP contribution in [0, 0.1) is 6.92 Å². The van der Waals surface area contributed by atoms with Crippen molar-refractivity contribution in [2.45, 2.75) is 19.3 Å². The zero-order valence-corrected chi connectivity index (χ0v) is 9.40. The van der Waals surface area contributed by atoms with Crippen molar-refractivity contribution < 1.29 is 0 Å². The lowest BCUT2D eigenvalue weighted by atomic mass is 10.1. The summed E-state index contributed by atoms with van der Waals surface area (Å²) >= 11 is 1.68. The van der Waals surface area contributed by atoms with Crippen molar-refractivity contribution in [3.05, 3.63) is 10.7 Å². The molecule has 1 aliphatic rings. The van der Waals surface area contributed by atoms with Crippen LogP contribution in [0.25, 0.3) is 0 Å². The van der Waals surface area contributed by atoms with E-state index in [0.717, 1.165) is 17.2 Å². The van der Waals surface area contributed by atoms with Gasteiger partial charge in [0.25, 0.3) is 0 Å². The first-order chi connectivity index (χ1) is 6.70. The molecule has 0 aromatic carbocycles. The average Bonchev–Trinajstić information content (AvgIpc) is 2.71. The van der Waals surface area contributed by atoms with Crippen molar-refractivity contribution in [2.75, 3.05) is 25.6 Å². The maximum atomic E-state index is 5.40. The van der Waals surface area contributed by atoms with Crippen molar-refractivity contribution in [1.29, 1.82) is 0 Å². The largest absolute Gasteiger partial charge is 0.314 e. The van der Waals surface area contributed by atoms with Gasteiger partial charge in [0.05, 0.1) is 10.7 Å². The van der Waals surface area contributed by atoms with Crippen molar-refractivity contribution in [3.63, 3.8) is 0 Å². The maximum absolute atomic E-state index is 5.40. The minimum atomic E-state index is 0.603. The Kier molecular flexibility index (Phi) is 2.71. The van der Waals surface area contributed by atoms with Crippen molar-refractivity contribution in [1.82, 2.24) is 9.88 Å². The van der Waals surface area contributed by atoms with Crippen LogP contribution in [0.3, 0.4) is 0 Å². The molecule has 5 heteroatoms. The average molecular weight is 212 g/mol. The standard InChI is InChI=1S/C9H16N4S/c1-6-8(12-10)14-9(11-6)7-3-4-13(2)5-7/h7,12H,3-5,10H2,1-2H3. The summed E-state index contributed by atoms with van der Waals surface area (Å²) in [6.07, 6.45) is 1.22. The number of nitrogen functional groups attached to an aromatic ring is 1. The number of hydrogen-bond donors (Lipinski definition) is 2. The third kappa shape index (κ3) is 1.75. The lowest BCUT2D eigenvalue weighted by molar-refractivity contribution is 0.411. The minimum absolute atomic E-state index is 0.603. The molecule has 1 aromatic rings. The Balaban J connectivity index is 2.16. The Hall–Kier alpha value is -0.650. The number of likely N-dealkylation sites (N-methyl/N-ethyl adjacent to an activating group) is 1. The summed E-state index contributed by atoms with van der Waals surface area (Å²) in [5, 5.41) is 2.22. The van der Waals surface area contributed by atoms with Crippen LogP contribution < -0.4 is 11.3 Å². The molecule has 4 nitrogen and oxygen atoms in total. The third-order valence-electron chi connectivity index (χ3n) is 2.68. The fraction of sp³-hybridized carbons (Fsp3) is 0.667. The smallest absolute Gasteiger partial charge is 0.126 e. The number of nitrogens with one attached hydrogen (secondary N) is 1. The summed E-state index contributed by atoms with van der Waals surface area (Å²) < 4.78 is 0. The van der Waals surface area contributed by atoms with E-state index in [4.69, 9.17) is 5.84 Å². The topological polar surface area (TPSA) is 54.2 Å². The lowest BCUT2D eigenvalue weighted by Gasteiger charge is -2.06. The molecule has 0 bridgehead atoms. The van der Waals surface area contributed by atoms with Crippen molar-refractivity contribution in [2.24, 2.45) is 5.84 Å². The van der Waals surface area contributed by atoms with E-state index in [1.165, 1.54) is 18.0 Å². The molecule has 0 spiro atoms. The Bertz CT molecular complexity index is 323. The van der Waals surface area contributed by atoms with E-state index in [0.29, 0.717) is 5.92 Å². The second kappa shape index (κ2) is 3.84. The van der Waals surface area contributed by atoms with Gasteiger partial charge in [-0.25, -0.2) is 10.8 Å². The molecule has 2 heterocycles. The maximum Gasteiger partial charge on any atom is 0.126 e. The third-order valence-corrected chi connectivity index (χ3v) is 3.94. The molecule has 1 aliphatic heterocycles. The first kappa shape index (κ1) is 9.89. The van der Waals surface area contributed by atoms with Gasteiger partial charge in [-0.1, -0.05) is 11.3 Å². The zero-order chi connectivity index (χ0) is 10.1. The van der Waals surface area contributed by atoms with Crippen LogP contribution in [0.2, 0.25) is 0 Å². The summed E-state index contributed by atoms with van der Waals surface area (Å²) in [4.78, 5) is 6.89. The Labute approximate surface area is 88.1 Å². The summed E-state index contributed by atoms with van der Waals surface area (Å²) in [5.74, 6) is 6.00. The summed E-state index contributed by atoms with van der Waals surface area (Å²) in [5.41, 5.74) is 3.71. The number of aromatic nitrogens is 1. The van der Waals surface area contributed by atoms with E-state index < -0.39 is 0 Å². The second-order valence-corrected chi connectivity index (χ2v) is 4.89. The molecule has 1 saturated heterocycles. The number of aryl methyl sites for hydroxylation is 1. The fourth-order valence-corrected chi connectivity index (χ4v) is 2.87. The summed E-state index contributed by atoms with van der Waals surface area (Å²) in [6, 6.07) is 0. The van der Waals surface area contributed by atoms with Crippen LogP contribution in [0.4, 0.5) is 5.00 Å². The highest BCUT2D eigenvalue weighted by atomic mass is 32.1. The number of nitrogens with two attached hydrogens (primary N) is 1. The second-order valence-electron chi connectivity index (χ2n) is 3.86. The molecule has 0 amide bonds. The van der Waals surface area contributed by atoms with Crippen LogP contribution in [-0.4, -0.2) is 30.0 Å². The predicted molar refractivity (Wildman–Crippen MR) is 59.5 cm³/mol. The summed E-state index contributed by atoms with van der Waals surface area (Å²) in [7, 11) is 2.16. The molecule has 3 N–H and O–H groups in total. The fourth-order valence-electron chi connectivity index (χ4n) is 1.86. The van der Waals surface area contributed by atoms with Gasteiger partial charge in [0, 0.05) is 12.5 Å². The normalized spacial score (nSPS) is 22.9. The van der Waals surface area contributed by atoms with Gasteiger partial charge in [-0.2, -0.15) is 0 Å². The molecule has 14 heavy (non-hydrogen) atoms. The molecule has 1 atom stereocenters. The lowest BCUT2D eigenvalue weighted by Crippen LogP contribution is -2.13. The number of likely N-dealkylation sites (tertiary alicyclic amines) is 1. The van der Waals surface area contributed by atoms with Crippen LogP contribution in [0.1, 0.15) is 23.0 Å². The first-order valence-corrected chi connectivity index (χ1v) is 5.65. The molecular weight excluding hydrogens is 196 g/mol. The Morgan fingerprint density at radius 1 is 1.64 bits per heavy atom. The molecule has 0 saturated carbocycles. The van der Waals surface area contributed by atoms with Crippen LogP contribution >= 0.6 is 11.3 Å². The first-order valence-electron chi connectivity index (χ1n) is 4.83. The number of hydrazine groups is 1. The zero-order valence-electron chi connectivity index (χ0n) is 8.58. The number of rotatable bonds is 2. The van der Waals surface area contributed by atoms with Gasteiger partial charge in [-0.3, -0.25) is 0 Å². The molecule has 0 aliphatic carbocycles. The minimum Gasteiger partial charge on any atom is -0.314 e. The molecule has 2 rings (SSSR count). The highest BCUT2D eigenvalue weighted by Gasteiger charge is 2.24. The molecule has 1 unspecified atom stereocenters. The monoisotopic (exact) mass is 212 g/mol. The Morgan fingerprint density at radius 3 is 2.93 bits per heavy atom. The van der Waals surface area contributed by atoms with Crippen molar-refractivity contribution >= 4 is 16.3 Å². The van der Waals surface area contributed by atoms with Gasteiger partial charge >= 0.3 is 0 Å². The number of hydrogen-bond acceptors (Lipinski definition) is 5. The van der Waals surface area contributed by atoms with Crippen molar-refractivity contribution in [3.8, 4) is 0 Å². The van der Waals surface area contributed by atoms with E-state index in [1.54, 1.807) is 11.3 Å². The predicted octanol–water partition coefficient (Wildman–Crippen LogP) is 1.16. The van der Waals surface area contributed by atoms with Gasteiger partial charge in [-0.05, 0) is 26.9 Å². The van der Waals surface area contributed by atoms with Gasteiger partial charge < -0.3 is 10.3 Å². The van der Waals surface area contributed by atoms with E-state index >= 15 is 0 Å². The van der Waals surface area contributed by atoms with E-state index in [2.05, 4.69) is 22.4 Å². The number of nitrogens with zero attached hydrogens (tertiary/aromatic N) is 2. The Morgan fingerprint density at radius 2 is 2.43 bits per heavy atom. The molecule has 1 aromatic heterocycles. The van der Waals surface area contributed by atoms with Gasteiger partial charge in [-0.15, -0.1) is 0 Å². The quantitative estimate of drug-likeness (QED) is 0.570. The highest BCUT2D eigenvalue weighted by molar-refractivity contribution is 7.16. The van der Waals surface area contributed by atoms with E-state index in [-0.39, 0.29) is 0 Å². The van der Waals surface area contributed by atoms with Gasteiger partial charge in [0.1, 0.15) is 5.00 Å². The van der Waals surface area contributed by atoms with E-state index in [9.17, 15) is 0 Å². The number of anilines is 1. The summed E-state index contributed by atoms with van der Waals surface area (Å²) in [6.45, 7) is 4.29. The molecule has 78 valence electrons. The van der Waals surface area contributed by atoms with Crippen LogP contribution in [0.15, 0.2) is 0 Å². The number of thiazole rings is 1. The molecule has 0 radical (unpaired) electrons. The van der Waals surface area contributed by atoms with E-state index in [1.807, 2.05) is 6.92 Å². The SMILES string of the molecule is Cc1nc(C2CCN(C)C2)sc1NN. The van der Waals surface area contributed by atoms with Crippen LogP contribution in [0.5, 0.6) is 0 Å². The highest BCUT2D eigenvalue weighted by Crippen LogP contribution is 2.33. The molecule has 1 fully saturated rings. The molecular formula is C9H16N4S. The van der Waals surface area contributed by atoms with Crippen LogP contribution in [-0.2, 0) is 0 Å².